The second-order valence-electron chi connectivity index (χ2n) is 8.27. The molecule has 10 nitrogen and oxygen atoms in total. The normalized spacial score (nSPS) is 11.7. The van der Waals surface area contributed by atoms with Crippen molar-refractivity contribution in [2.45, 2.75) is 44.6 Å². The number of aliphatic hydroxyl groups excluding tert-OH is 1. The Bertz CT molecular complexity index is 1110. The van der Waals surface area contributed by atoms with Gasteiger partial charge in [-0.25, -0.2) is 9.52 Å². The van der Waals surface area contributed by atoms with E-state index in [1.54, 1.807) is 12.1 Å². The van der Waals surface area contributed by atoms with E-state index in [1.807, 2.05) is 32.4 Å². The zero-order valence-electron chi connectivity index (χ0n) is 19.5. The smallest absolute Gasteiger partial charge is 0.333 e. The van der Waals surface area contributed by atoms with E-state index in [0.29, 0.717) is 10.7 Å². The highest BCUT2D eigenvalue weighted by molar-refractivity contribution is 7.90. The molecule has 182 valence electrons. The molecule has 0 unspecified atom stereocenters. The van der Waals surface area contributed by atoms with Gasteiger partial charge < -0.3 is 15.3 Å². The van der Waals surface area contributed by atoms with Gasteiger partial charge in [-0.15, -0.1) is 0 Å². The Hall–Kier alpha value is -2.63. The molecule has 0 saturated carbocycles. The standard InChI is InChI=1S/C21H30ClN5O5S/c1-12(2)15-9-14(22)10-16(13(3)4)19(15)23-21(30)25-33(31,32)18-11-17(27(6)24-18)20(29)26(5)7-8-28/h9-13,28H,7-8H2,1-6H3,(H2,23,25,30). The number of likely N-dealkylation sites (N-methyl/N-ethyl adjacent to an activating group) is 1. The molecule has 0 atom stereocenters. The fourth-order valence-electron chi connectivity index (χ4n) is 3.24. The number of hydrogen-bond donors (Lipinski definition) is 3. The Kier molecular flexibility index (Phi) is 8.50. The minimum atomic E-state index is -4.37. The number of nitrogens with one attached hydrogen (secondary N) is 2. The molecule has 0 saturated heterocycles. The Labute approximate surface area is 199 Å². The van der Waals surface area contributed by atoms with Crippen LogP contribution in [0.25, 0.3) is 0 Å². The highest BCUT2D eigenvalue weighted by atomic mass is 35.5. The summed E-state index contributed by atoms with van der Waals surface area (Å²) in [5, 5.41) is 15.6. The number of carbonyl (C=O) groups excluding carboxylic acids is 2. The zero-order chi connectivity index (χ0) is 25.1. The molecule has 0 aliphatic rings. The average molecular weight is 500 g/mol. The quantitative estimate of drug-likeness (QED) is 0.511. The topological polar surface area (TPSA) is 134 Å². The van der Waals surface area contributed by atoms with Gasteiger partial charge in [0.05, 0.1) is 6.61 Å². The number of urea groups is 1. The molecule has 0 fully saturated rings. The maximum Gasteiger partial charge on any atom is 0.333 e. The number of rotatable bonds is 8. The van der Waals surface area contributed by atoms with Crippen LogP contribution in [-0.2, 0) is 17.1 Å². The molecule has 2 aromatic rings. The van der Waals surface area contributed by atoms with Gasteiger partial charge in [0, 0.05) is 37.4 Å². The number of carbonyl (C=O) groups is 2. The Morgan fingerprint density at radius 2 is 1.70 bits per heavy atom. The van der Waals surface area contributed by atoms with Crippen molar-refractivity contribution in [1.82, 2.24) is 19.4 Å². The van der Waals surface area contributed by atoms with Crippen molar-refractivity contribution in [3.05, 3.63) is 40.0 Å². The van der Waals surface area contributed by atoms with E-state index < -0.39 is 27.0 Å². The molecule has 3 N–H and O–H groups in total. The molecule has 33 heavy (non-hydrogen) atoms. The van der Waals surface area contributed by atoms with E-state index in [1.165, 1.54) is 19.0 Å². The fraction of sp³-hybridized carbons (Fsp3) is 0.476. The number of anilines is 1. The van der Waals surface area contributed by atoms with Gasteiger partial charge in [0.1, 0.15) is 5.69 Å². The third-order valence-electron chi connectivity index (χ3n) is 5.01. The highest BCUT2D eigenvalue weighted by Crippen LogP contribution is 2.35. The van der Waals surface area contributed by atoms with Crippen molar-refractivity contribution in [1.29, 1.82) is 0 Å². The maximum atomic E-state index is 12.8. The second kappa shape index (κ2) is 10.5. The molecule has 2 rings (SSSR count). The van der Waals surface area contributed by atoms with Crippen LogP contribution >= 0.6 is 11.6 Å². The molecule has 0 radical (unpaired) electrons. The van der Waals surface area contributed by atoms with E-state index in [-0.39, 0.29) is 30.7 Å². The van der Waals surface area contributed by atoms with Gasteiger partial charge in [-0.2, -0.15) is 13.5 Å². The number of benzene rings is 1. The molecule has 0 aliphatic heterocycles. The first kappa shape index (κ1) is 26.6. The third kappa shape index (κ3) is 6.24. The Balaban J connectivity index is 2.32. The van der Waals surface area contributed by atoms with E-state index in [2.05, 4.69) is 10.4 Å². The summed E-state index contributed by atoms with van der Waals surface area (Å²) in [6, 6.07) is 3.59. The monoisotopic (exact) mass is 499 g/mol. The first-order valence-electron chi connectivity index (χ1n) is 10.4. The maximum absolute atomic E-state index is 12.8. The molecule has 0 bridgehead atoms. The van der Waals surface area contributed by atoms with Crippen molar-refractivity contribution >= 4 is 39.2 Å². The lowest BCUT2D eigenvalue weighted by Crippen LogP contribution is -2.35. The molecule has 0 spiro atoms. The minimum absolute atomic E-state index is 0.00591. The summed E-state index contributed by atoms with van der Waals surface area (Å²) in [5.41, 5.74) is 2.04. The van der Waals surface area contributed by atoms with Gasteiger partial charge in [0.2, 0.25) is 0 Å². The number of amides is 3. The van der Waals surface area contributed by atoms with Crippen molar-refractivity contribution in [2.24, 2.45) is 7.05 Å². The van der Waals surface area contributed by atoms with Crippen LogP contribution in [0.4, 0.5) is 10.5 Å². The van der Waals surface area contributed by atoms with Crippen molar-refractivity contribution in [3.8, 4) is 0 Å². The highest BCUT2D eigenvalue weighted by Gasteiger charge is 2.27. The number of hydrogen-bond acceptors (Lipinski definition) is 6. The predicted molar refractivity (Wildman–Crippen MR) is 126 cm³/mol. The number of aryl methyl sites for hydroxylation is 1. The molecule has 1 heterocycles. The molecule has 3 amide bonds. The summed E-state index contributed by atoms with van der Waals surface area (Å²) < 4.78 is 28.6. The zero-order valence-corrected chi connectivity index (χ0v) is 21.1. The number of nitrogens with zero attached hydrogens (tertiary/aromatic N) is 3. The van der Waals surface area contributed by atoms with Crippen LogP contribution < -0.4 is 10.0 Å². The van der Waals surface area contributed by atoms with Gasteiger partial charge in [-0.3, -0.25) is 9.48 Å². The minimum Gasteiger partial charge on any atom is -0.395 e. The molecule has 12 heteroatoms. The third-order valence-corrected chi connectivity index (χ3v) is 6.43. The fourth-order valence-corrected chi connectivity index (χ4v) is 4.37. The summed E-state index contributed by atoms with van der Waals surface area (Å²) in [6.45, 7) is 7.59. The number of aliphatic hydroxyl groups is 1. The SMILES string of the molecule is CC(C)c1cc(Cl)cc(C(C)C)c1NC(=O)NS(=O)(=O)c1cc(C(=O)N(C)CCO)n(C)n1. The Morgan fingerprint density at radius 1 is 1.15 bits per heavy atom. The van der Waals surface area contributed by atoms with Crippen LogP contribution in [0.5, 0.6) is 0 Å². The summed E-state index contributed by atoms with van der Waals surface area (Å²) in [6.07, 6.45) is 0. The molecule has 0 aliphatic carbocycles. The average Bonchev–Trinajstić information content (AvgIpc) is 3.10. The van der Waals surface area contributed by atoms with Crippen LogP contribution in [-0.4, -0.2) is 60.3 Å². The van der Waals surface area contributed by atoms with Crippen LogP contribution in [0, 0.1) is 0 Å². The summed E-state index contributed by atoms with van der Waals surface area (Å²) in [4.78, 5) is 26.4. The number of halogens is 1. The predicted octanol–water partition coefficient (Wildman–Crippen LogP) is 2.90. The van der Waals surface area contributed by atoms with Crippen molar-refractivity contribution in [3.63, 3.8) is 0 Å². The first-order chi connectivity index (χ1) is 15.3. The van der Waals surface area contributed by atoms with Gasteiger partial charge in [-0.1, -0.05) is 39.3 Å². The lowest BCUT2D eigenvalue weighted by molar-refractivity contribution is 0.0756. The van der Waals surface area contributed by atoms with Gasteiger partial charge in [0.25, 0.3) is 15.9 Å². The molecule has 1 aromatic heterocycles. The van der Waals surface area contributed by atoms with Gasteiger partial charge in [-0.05, 0) is 35.1 Å². The summed E-state index contributed by atoms with van der Waals surface area (Å²) in [5.74, 6) is -0.476. The largest absolute Gasteiger partial charge is 0.395 e. The lowest BCUT2D eigenvalue weighted by atomic mass is 9.92. The van der Waals surface area contributed by atoms with Gasteiger partial charge in [0.15, 0.2) is 5.03 Å². The number of aromatic nitrogens is 2. The van der Waals surface area contributed by atoms with E-state index in [0.717, 1.165) is 21.9 Å². The summed E-state index contributed by atoms with van der Waals surface area (Å²) in [7, 11) is -1.49. The van der Waals surface area contributed by atoms with Crippen LogP contribution in [0.1, 0.15) is 61.1 Å². The number of sulfonamides is 1. The lowest BCUT2D eigenvalue weighted by Gasteiger charge is -2.21. The Morgan fingerprint density at radius 3 is 2.18 bits per heavy atom. The summed E-state index contributed by atoms with van der Waals surface area (Å²) >= 11 is 6.24. The van der Waals surface area contributed by atoms with Gasteiger partial charge >= 0.3 is 6.03 Å². The second-order valence-corrected chi connectivity index (χ2v) is 10.3. The van der Waals surface area contributed by atoms with Crippen molar-refractivity contribution < 1.29 is 23.1 Å². The molecular formula is C21H30ClN5O5S. The molecular weight excluding hydrogens is 470 g/mol. The van der Waals surface area contributed by atoms with Crippen LogP contribution in [0.3, 0.4) is 0 Å². The first-order valence-corrected chi connectivity index (χ1v) is 12.2. The van der Waals surface area contributed by atoms with Crippen LogP contribution in [0.15, 0.2) is 23.2 Å². The van der Waals surface area contributed by atoms with E-state index >= 15 is 0 Å². The van der Waals surface area contributed by atoms with E-state index in [9.17, 15) is 18.0 Å². The molecule has 1 aromatic carbocycles. The van der Waals surface area contributed by atoms with Crippen LogP contribution in [0.2, 0.25) is 5.02 Å². The van der Waals surface area contributed by atoms with Crippen molar-refractivity contribution in [2.75, 3.05) is 25.5 Å². The van der Waals surface area contributed by atoms with E-state index in [4.69, 9.17) is 16.7 Å².